The Morgan fingerprint density at radius 3 is 2.33 bits per heavy atom. The molecule has 0 aliphatic heterocycles. The van der Waals surface area contributed by atoms with Crippen LogP contribution in [0, 0.1) is 0 Å². The molecule has 0 saturated heterocycles. The fraction of sp³-hybridized carbons (Fsp3) is 0.538. The van der Waals surface area contributed by atoms with Gasteiger partial charge in [0.05, 0.1) is 13.2 Å². The summed E-state index contributed by atoms with van der Waals surface area (Å²) in [6, 6.07) is 9.00. The van der Waals surface area contributed by atoms with Crippen molar-refractivity contribution in [3.8, 4) is 0 Å². The van der Waals surface area contributed by atoms with Gasteiger partial charge in [-0.2, -0.15) is 13.2 Å². The highest BCUT2D eigenvalue weighted by Crippen LogP contribution is 2.21. The Hall–Kier alpha value is -1.07. The normalized spacial score (nSPS) is 15.4. The van der Waals surface area contributed by atoms with Crippen LogP contribution in [-0.2, 0) is 0 Å². The lowest BCUT2D eigenvalue weighted by atomic mass is 9.94. The minimum absolute atomic E-state index is 0.101. The SMILES string of the molecule is CC(CC(CO)NCC(F)(F)F)c1ccccc1. The molecular weight excluding hydrogens is 243 g/mol. The molecule has 0 heterocycles. The van der Waals surface area contributed by atoms with E-state index < -0.39 is 18.8 Å². The zero-order valence-electron chi connectivity index (χ0n) is 10.2. The van der Waals surface area contributed by atoms with Crippen molar-refractivity contribution in [2.24, 2.45) is 0 Å². The van der Waals surface area contributed by atoms with Crippen molar-refractivity contribution in [1.82, 2.24) is 5.32 Å². The maximum atomic E-state index is 12.1. The molecule has 0 fully saturated rings. The second-order valence-electron chi connectivity index (χ2n) is 4.42. The highest BCUT2D eigenvalue weighted by molar-refractivity contribution is 5.18. The third-order valence-electron chi connectivity index (χ3n) is 2.82. The Labute approximate surface area is 105 Å². The quantitative estimate of drug-likeness (QED) is 0.825. The Balaban J connectivity index is 2.48. The Kier molecular flexibility index (Phi) is 5.62. The lowest BCUT2D eigenvalue weighted by Crippen LogP contribution is -2.39. The number of hydrogen-bond acceptors (Lipinski definition) is 2. The molecule has 0 amide bonds. The maximum Gasteiger partial charge on any atom is 0.401 e. The molecule has 0 radical (unpaired) electrons. The summed E-state index contributed by atoms with van der Waals surface area (Å²) in [7, 11) is 0. The summed E-state index contributed by atoms with van der Waals surface area (Å²) < 4.78 is 36.2. The first-order valence-electron chi connectivity index (χ1n) is 5.88. The van der Waals surface area contributed by atoms with Crippen LogP contribution in [0.2, 0.25) is 0 Å². The number of benzene rings is 1. The minimum atomic E-state index is -4.25. The van der Waals surface area contributed by atoms with E-state index in [-0.39, 0.29) is 12.5 Å². The van der Waals surface area contributed by atoms with Crippen molar-refractivity contribution in [3.05, 3.63) is 35.9 Å². The van der Waals surface area contributed by atoms with E-state index in [4.69, 9.17) is 5.11 Å². The van der Waals surface area contributed by atoms with E-state index in [1.54, 1.807) is 0 Å². The van der Waals surface area contributed by atoms with Crippen molar-refractivity contribution in [1.29, 1.82) is 0 Å². The highest BCUT2D eigenvalue weighted by atomic mass is 19.4. The Bertz CT molecular complexity index is 340. The van der Waals surface area contributed by atoms with Gasteiger partial charge in [0.15, 0.2) is 0 Å². The van der Waals surface area contributed by atoms with Crippen LogP contribution in [0.15, 0.2) is 30.3 Å². The van der Waals surface area contributed by atoms with Crippen LogP contribution in [0.4, 0.5) is 13.2 Å². The maximum absolute atomic E-state index is 12.1. The van der Waals surface area contributed by atoms with E-state index >= 15 is 0 Å². The molecule has 1 rings (SSSR count). The molecule has 2 N–H and O–H groups in total. The number of rotatable bonds is 6. The fourth-order valence-corrected chi connectivity index (χ4v) is 1.83. The van der Waals surface area contributed by atoms with Crippen LogP contribution in [0.5, 0.6) is 0 Å². The van der Waals surface area contributed by atoms with E-state index in [2.05, 4.69) is 5.32 Å². The molecule has 0 bridgehead atoms. The fourth-order valence-electron chi connectivity index (χ4n) is 1.83. The molecule has 1 aromatic rings. The molecule has 5 heteroatoms. The second kappa shape index (κ2) is 6.75. The highest BCUT2D eigenvalue weighted by Gasteiger charge is 2.28. The summed E-state index contributed by atoms with van der Waals surface area (Å²) >= 11 is 0. The van der Waals surface area contributed by atoms with E-state index in [1.807, 2.05) is 37.3 Å². The third kappa shape index (κ3) is 5.51. The zero-order valence-corrected chi connectivity index (χ0v) is 10.2. The van der Waals surface area contributed by atoms with Crippen molar-refractivity contribution in [3.63, 3.8) is 0 Å². The molecule has 102 valence electrons. The monoisotopic (exact) mass is 261 g/mol. The summed E-state index contributed by atoms with van der Waals surface area (Å²) in [5, 5.41) is 11.4. The van der Waals surface area contributed by atoms with Gasteiger partial charge in [0.2, 0.25) is 0 Å². The number of hydrogen-bond donors (Lipinski definition) is 2. The molecule has 18 heavy (non-hydrogen) atoms. The smallest absolute Gasteiger partial charge is 0.395 e. The molecule has 0 aromatic heterocycles. The first-order chi connectivity index (χ1) is 8.42. The van der Waals surface area contributed by atoms with Crippen molar-refractivity contribution in [2.75, 3.05) is 13.2 Å². The van der Waals surface area contributed by atoms with Gasteiger partial charge in [0.25, 0.3) is 0 Å². The first-order valence-corrected chi connectivity index (χ1v) is 5.88. The van der Waals surface area contributed by atoms with Gasteiger partial charge in [-0.1, -0.05) is 37.3 Å². The van der Waals surface area contributed by atoms with Crippen LogP contribution in [0.25, 0.3) is 0 Å². The zero-order chi connectivity index (χ0) is 13.6. The van der Waals surface area contributed by atoms with Crippen molar-refractivity contribution >= 4 is 0 Å². The summed E-state index contributed by atoms with van der Waals surface area (Å²) in [5.41, 5.74) is 1.06. The van der Waals surface area contributed by atoms with Crippen LogP contribution in [-0.4, -0.2) is 30.5 Å². The van der Waals surface area contributed by atoms with Gasteiger partial charge < -0.3 is 10.4 Å². The molecule has 0 aliphatic rings. The number of halogens is 3. The van der Waals surface area contributed by atoms with Crippen molar-refractivity contribution in [2.45, 2.75) is 31.5 Å². The van der Waals surface area contributed by atoms with Gasteiger partial charge in [-0.3, -0.25) is 0 Å². The van der Waals surface area contributed by atoms with Gasteiger partial charge in [0, 0.05) is 6.04 Å². The molecular formula is C13H18F3NO. The van der Waals surface area contributed by atoms with Gasteiger partial charge >= 0.3 is 6.18 Å². The Morgan fingerprint density at radius 2 is 1.83 bits per heavy atom. The van der Waals surface area contributed by atoms with E-state index in [1.165, 1.54) is 0 Å². The minimum Gasteiger partial charge on any atom is -0.395 e. The van der Waals surface area contributed by atoms with Crippen LogP contribution >= 0.6 is 0 Å². The van der Waals surface area contributed by atoms with Gasteiger partial charge in [0.1, 0.15) is 0 Å². The summed E-state index contributed by atoms with van der Waals surface area (Å²) in [5.74, 6) is 0.101. The summed E-state index contributed by atoms with van der Waals surface area (Å²) in [6.45, 7) is 0.570. The second-order valence-corrected chi connectivity index (χ2v) is 4.42. The summed E-state index contributed by atoms with van der Waals surface area (Å²) in [4.78, 5) is 0. The van der Waals surface area contributed by atoms with E-state index in [0.29, 0.717) is 6.42 Å². The van der Waals surface area contributed by atoms with Crippen LogP contribution < -0.4 is 5.32 Å². The van der Waals surface area contributed by atoms with Gasteiger partial charge in [-0.05, 0) is 17.9 Å². The average Bonchev–Trinajstić information content (AvgIpc) is 2.34. The van der Waals surface area contributed by atoms with Crippen molar-refractivity contribution < 1.29 is 18.3 Å². The molecule has 1 aromatic carbocycles. The molecule has 0 saturated carbocycles. The van der Waals surface area contributed by atoms with Gasteiger partial charge in [-0.15, -0.1) is 0 Å². The largest absolute Gasteiger partial charge is 0.401 e. The average molecular weight is 261 g/mol. The molecule has 2 unspecified atom stereocenters. The van der Waals surface area contributed by atoms with Crippen LogP contribution in [0.1, 0.15) is 24.8 Å². The van der Waals surface area contributed by atoms with Crippen LogP contribution in [0.3, 0.4) is 0 Å². The lowest BCUT2D eigenvalue weighted by Gasteiger charge is -2.21. The lowest BCUT2D eigenvalue weighted by molar-refractivity contribution is -0.126. The molecule has 0 spiro atoms. The number of nitrogens with one attached hydrogen (secondary N) is 1. The number of aliphatic hydroxyl groups excluding tert-OH is 1. The summed E-state index contributed by atoms with van der Waals surface area (Å²) in [6.07, 6.45) is -3.78. The van der Waals surface area contributed by atoms with Gasteiger partial charge in [-0.25, -0.2) is 0 Å². The Morgan fingerprint density at radius 1 is 1.22 bits per heavy atom. The molecule has 2 nitrogen and oxygen atoms in total. The predicted molar refractivity (Wildman–Crippen MR) is 64.4 cm³/mol. The molecule has 2 atom stereocenters. The number of aliphatic hydroxyl groups is 1. The van der Waals surface area contributed by atoms with E-state index in [0.717, 1.165) is 5.56 Å². The first kappa shape index (κ1) is 15.0. The number of alkyl halides is 3. The van der Waals surface area contributed by atoms with E-state index in [9.17, 15) is 13.2 Å². The predicted octanol–water partition coefficient (Wildman–Crippen LogP) is 2.69. The topological polar surface area (TPSA) is 32.3 Å². The third-order valence-corrected chi connectivity index (χ3v) is 2.82. The molecule has 0 aliphatic carbocycles. The standard InChI is InChI=1S/C13H18F3NO/c1-10(11-5-3-2-4-6-11)7-12(8-18)17-9-13(14,15)16/h2-6,10,12,17-18H,7-9H2,1H3.